The highest BCUT2D eigenvalue weighted by Crippen LogP contribution is 2.18. The normalized spacial score (nSPS) is 12.5. The highest BCUT2D eigenvalue weighted by molar-refractivity contribution is 5.84. The number of H-pyrrole nitrogens is 1. The van der Waals surface area contributed by atoms with Crippen molar-refractivity contribution in [3.05, 3.63) is 36.0 Å². The molecule has 0 fully saturated rings. The Morgan fingerprint density at radius 1 is 1.29 bits per heavy atom. The van der Waals surface area contributed by atoms with Crippen molar-refractivity contribution in [3.8, 4) is 0 Å². The number of rotatable bonds is 8. The predicted molar refractivity (Wildman–Crippen MR) is 82.0 cm³/mol. The zero-order valence-electron chi connectivity index (χ0n) is 12.3. The Kier molecular flexibility index (Phi) is 5.78. The van der Waals surface area contributed by atoms with E-state index in [0.29, 0.717) is 19.6 Å². The van der Waals surface area contributed by atoms with Crippen molar-refractivity contribution in [2.45, 2.75) is 25.8 Å². The average molecular weight is 290 g/mol. The lowest BCUT2D eigenvalue weighted by atomic mass is 10.1. The number of carbonyl (C=O) groups is 1. The minimum atomic E-state index is -0.657. The SMILES string of the molecule is CCCOCCOC(=O)C(N)Cc1c[nH]c2ccccc12. The Labute approximate surface area is 124 Å². The zero-order valence-corrected chi connectivity index (χ0v) is 12.3. The number of aromatic amines is 1. The number of fused-ring (bicyclic) bond motifs is 1. The van der Waals surface area contributed by atoms with Gasteiger partial charge in [0.25, 0.3) is 0 Å². The van der Waals surface area contributed by atoms with Crippen molar-refractivity contribution >= 4 is 16.9 Å². The maximum atomic E-state index is 11.8. The number of esters is 1. The van der Waals surface area contributed by atoms with E-state index in [1.165, 1.54) is 0 Å². The molecule has 0 amide bonds. The molecule has 0 aliphatic carbocycles. The van der Waals surface area contributed by atoms with E-state index in [1.54, 1.807) is 0 Å². The zero-order chi connectivity index (χ0) is 15.1. The molecule has 0 aliphatic heterocycles. The molecule has 0 bridgehead atoms. The first kappa shape index (κ1) is 15.5. The Morgan fingerprint density at radius 2 is 2.10 bits per heavy atom. The van der Waals surface area contributed by atoms with Crippen LogP contribution in [0.1, 0.15) is 18.9 Å². The van der Waals surface area contributed by atoms with Crippen molar-refractivity contribution < 1.29 is 14.3 Å². The molecule has 1 unspecified atom stereocenters. The third-order valence-electron chi connectivity index (χ3n) is 3.24. The molecule has 0 saturated carbocycles. The highest BCUT2D eigenvalue weighted by Gasteiger charge is 2.17. The molecule has 2 aromatic rings. The van der Waals surface area contributed by atoms with Gasteiger partial charge >= 0.3 is 5.97 Å². The Hall–Kier alpha value is -1.85. The number of hydrogen-bond donors (Lipinski definition) is 2. The van der Waals surface area contributed by atoms with Crippen LogP contribution in [0.2, 0.25) is 0 Å². The van der Waals surface area contributed by atoms with Crippen LogP contribution in [0.3, 0.4) is 0 Å². The fourth-order valence-electron chi connectivity index (χ4n) is 2.18. The molecular weight excluding hydrogens is 268 g/mol. The van der Waals surface area contributed by atoms with E-state index in [0.717, 1.165) is 22.9 Å². The van der Waals surface area contributed by atoms with Gasteiger partial charge in [0.05, 0.1) is 6.61 Å². The lowest BCUT2D eigenvalue weighted by molar-refractivity contribution is -0.146. The standard InChI is InChI=1S/C16H22N2O3/c1-2-7-20-8-9-21-16(19)14(17)10-12-11-18-15-6-4-3-5-13(12)15/h3-6,11,14,18H,2,7-10,17H2,1H3. The summed E-state index contributed by atoms with van der Waals surface area (Å²) in [6, 6.07) is 7.28. The summed E-state index contributed by atoms with van der Waals surface area (Å²) < 4.78 is 10.4. The third-order valence-corrected chi connectivity index (χ3v) is 3.24. The fraction of sp³-hybridized carbons (Fsp3) is 0.438. The number of aromatic nitrogens is 1. The molecule has 3 N–H and O–H groups in total. The molecule has 1 heterocycles. The van der Waals surface area contributed by atoms with Crippen molar-refractivity contribution in [2.24, 2.45) is 5.73 Å². The summed E-state index contributed by atoms with van der Waals surface area (Å²) in [6.07, 6.45) is 3.30. The average Bonchev–Trinajstić information content (AvgIpc) is 2.90. The number of ether oxygens (including phenoxy) is 2. The van der Waals surface area contributed by atoms with E-state index in [1.807, 2.05) is 37.4 Å². The van der Waals surface area contributed by atoms with Crippen molar-refractivity contribution in [3.63, 3.8) is 0 Å². The molecular formula is C16H22N2O3. The van der Waals surface area contributed by atoms with Crippen LogP contribution in [0.15, 0.2) is 30.5 Å². The van der Waals surface area contributed by atoms with Gasteiger partial charge in [-0.25, -0.2) is 0 Å². The summed E-state index contributed by atoms with van der Waals surface area (Å²) in [4.78, 5) is 15.0. The summed E-state index contributed by atoms with van der Waals surface area (Å²) in [6.45, 7) is 3.38. The molecule has 2 rings (SSSR count). The molecule has 0 aliphatic rings. The van der Waals surface area contributed by atoms with Crippen LogP contribution in [-0.4, -0.2) is 36.8 Å². The van der Waals surface area contributed by atoms with Gasteiger partial charge in [-0.2, -0.15) is 0 Å². The maximum Gasteiger partial charge on any atom is 0.323 e. The smallest absolute Gasteiger partial charge is 0.323 e. The van der Waals surface area contributed by atoms with Gasteiger partial charge < -0.3 is 20.2 Å². The Bertz CT molecular complexity index is 580. The molecule has 5 heteroatoms. The van der Waals surface area contributed by atoms with Gasteiger partial charge in [0, 0.05) is 30.1 Å². The summed E-state index contributed by atoms with van der Waals surface area (Å²) in [5, 5.41) is 1.09. The molecule has 1 aromatic heterocycles. The van der Waals surface area contributed by atoms with Gasteiger partial charge in [-0.3, -0.25) is 4.79 Å². The van der Waals surface area contributed by atoms with Gasteiger partial charge in [-0.05, 0) is 18.1 Å². The van der Waals surface area contributed by atoms with Gasteiger partial charge in [-0.15, -0.1) is 0 Å². The van der Waals surface area contributed by atoms with Gasteiger partial charge in [0.15, 0.2) is 0 Å². The van der Waals surface area contributed by atoms with Crippen molar-refractivity contribution in [1.82, 2.24) is 4.98 Å². The molecule has 114 valence electrons. The first-order valence-corrected chi connectivity index (χ1v) is 7.27. The summed E-state index contributed by atoms with van der Waals surface area (Å²) in [5.74, 6) is -0.389. The molecule has 0 saturated heterocycles. The molecule has 21 heavy (non-hydrogen) atoms. The van der Waals surface area contributed by atoms with E-state index < -0.39 is 6.04 Å². The first-order chi connectivity index (χ1) is 10.2. The van der Waals surface area contributed by atoms with Crippen molar-refractivity contribution in [2.75, 3.05) is 19.8 Å². The number of benzene rings is 1. The Morgan fingerprint density at radius 3 is 2.90 bits per heavy atom. The summed E-state index contributed by atoms with van der Waals surface area (Å²) in [5.41, 5.74) is 7.98. The van der Waals surface area contributed by atoms with E-state index in [2.05, 4.69) is 4.98 Å². The van der Waals surface area contributed by atoms with Crippen LogP contribution in [0.25, 0.3) is 10.9 Å². The highest BCUT2D eigenvalue weighted by atomic mass is 16.6. The number of nitrogens with one attached hydrogen (secondary N) is 1. The number of carbonyl (C=O) groups excluding carboxylic acids is 1. The number of para-hydroxylation sites is 1. The van der Waals surface area contributed by atoms with Crippen LogP contribution in [0.4, 0.5) is 0 Å². The van der Waals surface area contributed by atoms with Crippen LogP contribution in [0, 0.1) is 0 Å². The minimum Gasteiger partial charge on any atom is -0.462 e. The van der Waals surface area contributed by atoms with Gasteiger partial charge in [0.2, 0.25) is 0 Å². The van der Waals surface area contributed by atoms with E-state index in [9.17, 15) is 4.79 Å². The van der Waals surface area contributed by atoms with E-state index in [-0.39, 0.29) is 12.6 Å². The minimum absolute atomic E-state index is 0.250. The van der Waals surface area contributed by atoms with Crippen LogP contribution in [-0.2, 0) is 20.7 Å². The quantitative estimate of drug-likeness (QED) is 0.576. The Balaban J connectivity index is 1.83. The summed E-state index contributed by atoms with van der Waals surface area (Å²) in [7, 11) is 0. The molecule has 0 spiro atoms. The third kappa shape index (κ3) is 4.31. The topological polar surface area (TPSA) is 77.3 Å². The second-order valence-electron chi connectivity index (χ2n) is 4.95. The lowest BCUT2D eigenvalue weighted by Gasteiger charge is -2.11. The molecule has 0 radical (unpaired) electrons. The van der Waals surface area contributed by atoms with E-state index >= 15 is 0 Å². The predicted octanol–water partition coefficient (Wildman–Crippen LogP) is 2.01. The van der Waals surface area contributed by atoms with Crippen LogP contribution in [0.5, 0.6) is 0 Å². The fourth-order valence-corrected chi connectivity index (χ4v) is 2.18. The molecule has 5 nitrogen and oxygen atoms in total. The van der Waals surface area contributed by atoms with Crippen LogP contribution >= 0.6 is 0 Å². The van der Waals surface area contributed by atoms with Crippen LogP contribution < -0.4 is 5.73 Å². The molecule has 1 aromatic carbocycles. The van der Waals surface area contributed by atoms with Crippen molar-refractivity contribution in [1.29, 1.82) is 0 Å². The number of hydrogen-bond acceptors (Lipinski definition) is 4. The second kappa shape index (κ2) is 7.81. The van der Waals surface area contributed by atoms with Gasteiger partial charge in [0.1, 0.15) is 12.6 Å². The monoisotopic (exact) mass is 290 g/mol. The molecule has 1 atom stereocenters. The van der Waals surface area contributed by atoms with Gasteiger partial charge in [-0.1, -0.05) is 25.1 Å². The summed E-state index contributed by atoms with van der Waals surface area (Å²) >= 11 is 0. The first-order valence-electron chi connectivity index (χ1n) is 7.27. The maximum absolute atomic E-state index is 11.8. The second-order valence-corrected chi connectivity index (χ2v) is 4.95. The lowest BCUT2D eigenvalue weighted by Crippen LogP contribution is -2.35. The van der Waals surface area contributed by atoms with E-state index in [4.69, 9.17) is 15.2 Å². The largest absolute Gasteiger partial charge is 0.462 e. The number of nitrogens with two attached hydrogens (primary N) is 1.